The zero-order chi connectivity index (χ0) is 14.6. The number of oxime groups is 1. The van der Waals surface area contributed by atoms with Gasteiger partial charge in [0.05, 0.1) is 11.5 Å². The topological polar surface area (TPSA) is 85.2 Å². The van der Waals surface area contributed by atoms with Gasteiger partial charge < -0.3 is 14.7 Å². The van der Waals surface area contributed by atoms with Crippen molar-refractivity contribution in [2.24, 2.45) is 5.16 Å². The zero-order valence-electron chi connectivity index (χ0n) is 11.2. The minimum absolute atomic E-state index is 0.00211. The molecular formula is C13H17NO5S. The molecule has 0 atom stereocenters. The van der Waals surface area contributed by atoms with Crippen LogP contribution in [-0.2, 0) is 9.84 Å². The van der Waals surface area contributed by atoms with Gasteiger partial charge in [0, 0.05) is 11.6 Å². The zero-order valence-corrected chi connectivity index (χ0v) is 12.0. The van der Waals surface area contributed by atoms with Crippen LogP contribution >= 0.6 is 0 Å². The van der Waals surface area contributed by atoms with E-state index in [0.717, 1.165) is 5.56 Å². The van der Waals surface area contributed by atoms with Gasteiger partial charge in [0.1, 0.15) is 30.4 Å². The third-order valence-corrected chi connectivity index (χ3v) is 4.75. The highest BCUT2D eigenvalue weighted by atomic mass is 32.2. The van der Waals surface area contributed by atoms with E-state index in [0.29, 0.717) is 23.6 Å². The van der Waals surface area contributed by atoms with Crippen LogP contribution < -0.4 is 9.47 Å². The van der Waals surface area contributed by atoms with Crippen molar-refractivity contribution in [3.8, 4) is 11.5 Å². The van der Waals surface area contributed by atoms with Gasteiger partial charge >= 0.3 is 0 Å². The van der Waals surface area contributed by atoms with Crippen LogP contribution in [0, 0.1) is 0 Å². The van der Waals surface area contributed by atoms with E-state index in [1.165, 1.54) is 0 Å². The van der Waals surface area contributed by atoms with Gasteiger partial charge in [-0.2, -0.15) is 0 Å². The highest BCUT2D eigenvalue weighted by Gasteiger charge is 2.20. The van der Waals surface area contributed by atoms with Crippen molar-refractivity contribution in [3.05, 3.63) is 23.8 Å². The van der Waals surface area contributed by atoms with Crippen molar-refractivity contribution in [2.45, 2.75) is 13.3 Å². The van der Waals surface area contributed by atoms with Crippen molar-refractivity contribution in [2.75, 3.05) is 24.7 Å². The van der Waals surface area contributed by atoms with Crippen LogP contribution in [0.2, 0.25) is 0 Å². The average Bonchev–Trinajstić information content (AvgIpc) is 2.80. The van der Waals surface area contributed by atoms with Crippen molar-refractivity contribution in [3.63, 3.8) is 0 Å². The van der Waals surface area contributed by atoms with Gasteiger partial charge in [0.25, 0.3) is 0 Å². The maximum Gasteiger partial charge on any atom is 0.153 e. The Bertz CT molecular complexity index is 609. The largest absolute Gasteiger partial charge is 0.492 e. The van der Waals surface area contributed by atoms with Crippen molar-refractivity contribution >= 4 is 15.5 Å². The molecule has 0 amide bonds. The van der Waals surface area contributed by atoms with Crippen LogP contribution in [-0.4, -0.2) is 44.1 Å². The first-order chi connectivity index (χ1) is 9.55. The molecule has 1 aromatic carbocycles. The van der Waals surface area contributed by atoms with Crippen molar-refractivity contribution in [1.82, 2.24) is 0 Å². The van der Waals surface area contributed by atoms with Crippen LogP contribution in [0.5, 0.6) is 11.5 Å². The molecule has 1 aliphatic heterocycles. The van der Waals surface area contributed by atoms with Crippen LogP contribution in [0.3, 0.4) is 0 Å². The van der Waals surface area contributed by atoms with Crippen molar-refractivity contribution < 1.29 is 23.1 Å². The van der Waals surface area contributed by atoms with E-state index in [-0.39, 0.29) is 24.7 Å². The fraction of sp³-hybridized carbons (Fsp3) is 0.462. The van der Waals surface area contributed by atoms with E-state index in [1.807, 2.05) is 6.92 Å². The lowest BCUT2D eigenvalue weighted by atomic mass is 10.1. The first-order valence-electron chi connectivity index (χ1n) is 6.37. The Labute approximate surface area is 117 Å². The molecule has 0 radical (unpaired) electrons. The van der Waals surface area contributed by atoms with Crippen molar-refractivity contribution in [1.29, 1.82) is 0 Å². The Morgan fingerprint density at radius 3 is 2.90 bits per heavy atom. The Kier molecular flexibility index (Phi) is 4.49. The molecule has 0 fully saturated rings. The summed E-state index contributed by atoms with van der Waals surface area (Å²) >= 11 is 0. The minimum atomic E-state index is -3.03. The number of sulfone groups is 1. The number of fused-ring (bicyclic) bond motifs is 1. The second kappa shape index (κ2) is 6.13. The molecule has 0 unspecified atom stereocenters. The number of hydrogen-bond donors (Lipinski definition) is 1. The molecule has 0 saturated heterocycles. The summed E-state index contributed by atoms with van der Waals surface area (Å²) < 4.78 is 33.8. The summed E-state index contributed by atoms with van der Waals surface area (Å²) in [7, 11) is -3.03. The second-order valence-electron chi connectivity index (χ2n) is 4.49. The number of nitrogens with zero attached hydrogens (tertiary/aromatic N) is 1. The van der Waals surface area contributed by atoms with E-state index in [9.17, 15) is 8.42 Å². The molecule has 7 heteroatoms. The maximum atomic E-state index is 11.5. The number of rotatable bonds is 6. The molecule has 2 rings (SSSR count). The quantitative estimate of drug-likeness (QED) is 0.635. The van der Waals surface area contributed by atoms with E-state index in [1.54, 1.807) is 18.2 Å². The van der Waals surface area contributed by atoms with Gasteiger partial charge in [-0.15, -0.1) is 0 Å². The van der Waals surface area contributed by atoms with Gasteiger partial charge in [-0.1, -0.05) is 12.1 Å². The van der Waals surface area contributed by atoms with E-state index in [4.69, 9.17) is 14.7 Å². The number of ether oxygens (including phenoxy) is 2. The summed E-state index contributed by atoms with van der Waals surface area (Å²) in [5, 5.41) is 11.9. The molecule has 1 N–H and O–H groups in total. The number of benzene rings is 1. The molecule has 0 bridgehead atoms. The summed E-state index contributed by atoms with van der Waals surface area (Å²) in [4.78, 5) is 0. The van der Waals surface area contributed by atoms with Crippen LogP contribution in [0.15, 0.2) is 23.4 Å². The van der Waals surface area contributed by atoms with Crippen LogP contribution in [0.1, 0.15) is 18.9 Å². The third kappa shape index (κ3) is 3.41. The predicted molar refractivity (Wildman–Crippen MR) is 74.7 cm³/mol. The fourth-order valence-corrected chi connectivity index (χ4v) is 3.12. The van der Waals surface area contributed by atoms with E-state index >= 15 is 0 Å². The first kappa shape index (κ1) is 14.6. The monoisotopic (exact) mass is 299 g/mol. The average molecular weight is 299 g/mol. The second-order valence-corrected chi connectivity index (χ2v) is 6.80. The molecule has 0 spiro atoms. The van der Waals surface area contributed by atoms with Gasteiger partial charge in [-0.25, -0.2) is 8.42 Å². The molecule has 6 nitrogen and oxygen atoms in total. The summed E-state index contributed by atoms with van der Waals surface area (Å²) in [6, 6.07) is 5.10. The third-order valence-electron chi connectivity index (χ3n) is 2.93. The van der Waals surface area contributed by atoms with Gasteiger partial charge in [0.2, 0.25) is 0 Å². The van der Waals surface area contributed by atoms with Gasteiger partial charge in [-0.3, -0.25) is 0 Å². The molecule has 1 aromatic rings. The Balaban J connectivity index is 1.96. The minimum Gasteiger partial charge on any atom is -0.492 e. The predicted octanol–water partition coefficient (Wildman–Crippen LogP) is 1.46. The molecule has 0 saturated carbocycles. The molecule has 1 aliphatic rings. The van der Waals surface area contributed by atoms with Crippen LogP contribution in [0.4, 0.5) is 0 Å². The molecular weight excluding hydrogens is 282 g/mol. The van der Waals surface area contributed by atoms with Gasteiger partial charge in [-0.05, 0) is 18.6 Å². The molecule has 0 aromatic heterocycles. The summed E-state index contributed by atoms with van der Waals surface area (Å²) in [5.74, 6) is 1.30. The van der Waals surface area contributed by atoms with Gasteiger partial charge in [0.15, 0.2) is 9.84 Å². The van der Waals surface area contributed by atoms with E-state index in [2.05, 4.69) is 5.16 Å². The molecule has 110 valence electrons. The lowest BCUT2D eigenvalue weighted by Gasteiger charge is -2.07. The molecule has 1 heterocycles. The molecule has 0 aliphatic carbocycles. The highest BCUT2D eigenvalue weighted by molar-refractivity contribution is 7.91. The highest BCUT2D eigenvalue weighted by Crippen LogP contribution is 2.29. The van der Waals surface area contributed by atoms with Crippen LogP contribution in [0.25, 0.3) is 0 Å². The summed E-state index contributed by atoms with van der Waals surface area (Å²) in [6.07, 6.45) is 0.609. The Morgan fingerprint density at radius 2 is 2.20 bits per heavy atom. The fourth-order valence-electron chi connectivity index (χ4n) is 1.96. The first-order valence-corrected chi connectivity index (χ1v) is 8.19. The SMILES string of the molecule is CCCS(=O)(=O)CCOc1ccc2c(c1)OC/C2=N\O. The summed E-state index contributed by atoms with van der Waals surface area (Å²) in [5.41, 5.74) is 1.19. The lowest BCUT2D eigenvalue weighted by molar-refractivity contribution is 0.313. The number of hydrogen-bond acceptors (Lipinski definition) is 6. The molecule has 20 heavy (non-hydrogen) atoms. The standard InChI is InChI=1S/C13H17NO5S/c1-2-6-20(16,17)7-5-18-10-3-4-11-12(14-15)9-19-13(11)8-10/h3-4,8,15H,2,5-7,9H2,1H3/b14-12+. The maximum absolute atomic E-state index is 11.5. The lowest BCUT2D eigenvalue weighted by Crippen LogP contribution is -2.16. The Hall–Kier alpha value is -1.76. The van der Waals surface area contributed by atoms with E-state index < -0.39 is 9.84 Å². The normalized spacial score (nSPS) is 15.9. The summed E-state index contributed by atoms with van der Waals surface area (Å²) in [6.45, 7) is 2.17. The smallest absolute Gasteiger partial charge is 0.153 e. The Morgan fingerprint density at radius 1 is 1.40 bits per heavy atom.